The highest BCUT2D eigenvalue weighted by Crippen LogP contribution is 2.25. The second-order valence-electron chi connectivity index (χ2n) is 8.69. The van der Waals surface area contributed by atoms with Crippen LogP contribution in [0.1, 0.15) is 18.4 Å². The van der Waals surface area contributed by atoms with Crippen LogP contribution in [0.4, 0.5) is 4.39 Å². The van der Waals surface area contributed by atoms with Crippen molar-refractivity contribution in [2.45, 2.75) is 25.9 Å². The normalized spacial score (nSPS) is 18.7. The van der Waals surface area contributed by atoms with Crippen molar-refractivity contribution >= 4 is 5.91 Å². The van der Waals surface area contributed by atoms with Gasteiger partial charge in [-0.2, -0.15) is 0 Å². The average molecular weight is 451 g/mol. The molecule has 1 fully saturated rings. The number of hydrogen-bond acceptors (Lipinski definition) is 4. The van der Waals surface area contributed by atoms with Crippen LogP contribution in [-0.2, 0) is 17.9 Å². The zero-order chi connectivity index (χ0) is 22.9. The van der Waals surface area contributed by atoms with E-state index in [2.05, 4.69) is 27.3 Å². The number of hydrogen-bond donors (Lipinski definition) is 1. The van der Waals surface area contributed by atoms with Gasteiger partial charge in [0, 0.05) is 57.1 Å². The quantitative estimate of drug-likeness (QED) is 0.478. The molecule has 2 heterocycles. The third-order valence-electron chi connectivity index (χ3n) is 5.97. The first kappa shape index (κ1) is 23.0. The van der Waals surface area contributed by atoms with Crippen molar-refractivity contribution in [2.24, 2.45) is 11.8 Å². The highest BCUT2D eigenvalue weighted by atomic mass is 19.1. The molecule has 4 rings (SSSR count). The first-order chi connectivity index (χ1) is 16.2. The number of halogens is 1. The summed E-state index contributed by atoms with van der Waals surface area (Å²) in [4.78, 5) is 19.3. The third-order valence-corrected chi connectivity index (χ3v) is 5.97. The standard InChI is InChI=1S/C26H31FN4O2/c27-24-8-4-9-25(15-24)33-19-22-14-23(18-31(17-22)16-21-6-2-1-3-7-21)26(32)29-10-5-12-30-13-11-28-20-30/h1-4,6-9,11,13,15,20,22-23H,5,10,12,14,16-19H2,(H,29,32)/t22-,23+/m0/s1. The van der Waals surface area contributed by atoms with Gasteiger partial charge in [-0.05, 0) is 30.5 Å². The largest absolute Gasteiger partial charge is 0.493 e. The zero-order valence-corrected chi connectivity index (χ0v) is 18.8. The fourth-order valence-electron chi connectivity index (χ4n) is 4.39. The zero-order valence-electron chi connectivity index (χ0n) is 18.8. The van der Waals surface area contributed by atoms with Crippen molar-refractivity contribution in [1.29, 1.82) is 0 Å². The Morgan fingerprint density at radius 3 is 2.82 bits per heavy atom. The van der Waals surface area contributed by atoms with E-state index in [1.54, 1.807) is 24.7 Å². The van der Waals surface area contributed by atoms with E-state index in [1.165, 1.54) is 17.7 Å². The molecule has 0 spiro atoms. The van der Waals surface area contributed by atoms with E-state index in [0.29, 0.717) is 18.9 Å². The molecule has 3 aromatic rings. The summed E-state index contributed by atoms with van der Waals surface area (Å²) in [6, 6.07) is 16.5. The van der Waals surface area contributed by atoms with Gasteiger partial charge < -0.3 is 14.6 Å². The van der Waals surface area contributed by atoms with Gasteiger partial charge in [-0.25, -0.2) is 9.37 Å². The van der Waals surface area contributed by atoms with Crippen molar-refractivity contribution in [3.63, 3.8) is 0 Å². The predicted octanol–water partition coefficient (Wildman–Crippen LogP) is 3.75. The van der Waals surface area contributed by atoms with Crippen molar-refractivity contribution in [3.8, 4) is 5.75 Å². The van der Waals surface area contributed by atoms with E-state index in [9.17, 15) is 9.18 Å². The van der Waals surface area contributed by atoms with Crippen molar-refractivity contribution in [2.75, 3.05) is 26.2 Å². The topological polar surface area (TPSA) is 59.4 Å². The number of carbonyl (C=O) groups excluding carboxylic acids is 1. The highest BCUT2D eigenvalue weighted by molar-refractivity contribution is 5.79. The molecule has 6 nitrogen and oxygen atoms in total. The molecule has 0 radical (unpaired) electrons. The molecular formula is C26H31FN4O2. The Morgan fingerprint density at radius 1 is 1.15 bits per heavy atom. The number of benzene rings is 2. The number of aromatic nitrogens is 2. The molecule has 2 aromatic carbocycles. The maximum absolute atomic E-state index is 13.5. The molecule has 1 aliphatic rings. The number of likely N-dealkylation sites (tertiary alicyclic amines) is 1. The Bertz CT molecular complexity index is 997. The number of nitrogens with one attached hydrogen (secondary N) is 1. The Balaban J connectivity index is 1.33. The minimum absolute atomic E-state index is 0.0918. The molecule has 1 N–H and O–H groups in total. The summed E-state index contributed by atoms with van der Waals surface area (Å²) in [5.74, 6) is 0.392. The van der Waals surface area contributed by atoms with Crippen molar-refractivity contribution in [1.82, 2.24) is 19.8 Å². The lowest BCUT2D eigenvalue weighted by Gasteiger charge is -2.37. The summed E-state index contributed by atoms with van der Waals surface area (Å²) in [7, 11) is 0. The SMILES string of the molecule is O=C(NCCCn1ccnc1)[C@@H]1C[C@H](COc2cccc(F)c2)CN(Cc2ccccc2)C1. The van der Waals surface area contributed by atoms with Gasteiger partial charge >= 0.3 is 0 Å². The maximum Gasteiger partial charge on any atom is 0.224 e. The molecule has 2 atom stereocenters. The van der Waals surface area contributed by atoms with Crippen molar-refractivity contribution in [3.05, 3.63) is 84.7 Å². The van der Waals surface area contributed by atoms with Crippen LogP contribution in [0.3, 0.4) is 0 Å². The summed E-state index contributed by atoms with van der Waals surface area (Å²) in [5.41, 5.74) is 1.23. The average Bonchev–Trinajstić information content (AvgIpc) is 3.35. The van der Waals surface area contributed by atoms with Gasteiger partial charge in [-0.15, -0.1) is 0 Å². The lowest BCUT2D eigenvalue weighted by atomic mass is 9.88. The number of imidazole rings is 1. The fraction of sp³-hybridized carbons (Fsp3) is 0.385. The Labute approximate surface area is 194 Å². The molecule has 1 aliphatic heterocycles. The van der Waals surface area contributed by atoms with Gasteiger partial charge in [0.05, 0.1) is 18.9 Å². The van der Waals surface area contributed by atoms with E-state index in [1.807, 2.05) is 29.0 Å². The Morgan fingerprint density at radius 2 is 2.03 bits per heavy atom. The summed E-state index contributed by atoms with van der Waals surface area (Å²) >= 11 is 0. The molecule has 0 aliphatic carbocycles. The molecule has 1 saturated heterocycles. The number of ether oxygens (including phenoxy) is 1. The van der Waals surface area contributed by atoms with Gasteiger partial charge in [0.15, 0.2) is 0 Å². The fourth-order valence-corrected chi connectivity index (χ4v) is 4.39. The summed E-state index contributed by atoms with van der Waals surface area (Å²) < 4.78 is 21.4. The van der Waals surface area contributed by atoms with Crippen LogP contribution in [0.25, 0.3) is 0 Å². The van der Waals surface area contributed by atoms with E-state index in [4.69, 9.17) is 4.74 Å². The van der Waals surface area contributed by atoms with Crippen LogP contribution in [-0.4, -0.2) is 46.6 Å². The monoisotopic (exact) mass is 450 g/mol. The Kier molecular flexibility index (Phi) is 8.09. The van der Waals surface area contributed by atoms with E-state index in [0.717, 1.165) is 39.0 Å². The van der Waals surface area contributed by atoms with Crippen LogP contribution in [0.5, 0.6) is 5.75 Å². The second kappa shape index (κ2) is 11.6. The minimum Gasteiger partial charge on any atom is -0.493 e. The van der Waals surface area contributed by atoms with Crippen LogP contribution in [0, 0.1) is 17.7 Å². The lowest BCUT2D eigenvalue weighted by Crippen LogP contribution is -2.47. The van der Waals surface area contributed by atoms with Gasteiger partial charge in [0.25, 0.3) is 0 Å². The highest BCUT2D eigenvalue weighted by Gasteiger charge is 2.32. The number of aryl methyl sites for hydroxylation is 1. The number of rotatable bonds is 10. The lowest BCUT2D eigenvalue weighted by molar-refractivity contribution is -0.127. The van der Waals surface area contributed by atoms with E-state index < -0.39 is 0 Å². The van der Waals surface area contributed by atoms with Crippen LogP contribution in [0.15, 0.2) is 73.3 Å². The molecule has 0 unspecified atom stereocenters. The smallest absolute Gasteiger partial charge is 0.224 e. The molecule has 174 valence electrons. The summed E-state index contributed by atoms with van der Waals surface area (Å²) in [6.07, 6.45) is 7.08. The van der Waals surface area contributed by atoms with Crippen LogP contribution < -0.4 is 10.1 Å². The molecular weight excluding hydrogens is 419 g/mol. The summed E-state index contributed by atoms with van der Waals surface area (Å²) in [6.45, 7) is 4.28. The van der Waals surface area contributed by atoms with Crippen LogP contribution >= 0.6 is 0 Å². The first-order valence-corrected chi connectivity index (χ1v) is 11.5. The molecule has 1 aromatic heterocycles. The van der Waals surface area contributed by atoms with Gasteiger partial charge in [-0.3, -0.25) is 9.69 Å². The molecule has 0 saturated carbocycles. The number of carbonyl (C=O) groups is 1. The van der Waals surface area contributed by atoms with Crippen molar-refractivity contribution < 1.29 is 13.9 Å². The second-order valence-corrected chi connectivity index (χ2v) is 8.69. The predicted molar refractivity (Wildman–Crippen MR) is 125 cm³/mol. The number of nitrogens with zero attached hydrogens (tertiary/aromatic N) is 3. The molecule has 33 heavy (non-hydrogen) atoms. The van der Waals surface area contributed by atoms with Gasteiger partial charge in [0.1, 0.15) is 11.6 Å². The maximum atomic E-state index is 13.5. The number of amides is 1. The third kappa shape index (κ3) is 7.15. The van der Waals surface area contributed by atoms with E-state index in [-0.39, 0.29) is 23.6 Å². The minimum atomic E-state index is -0.310. The molecule has 0 bridgehead atoms. The molecule has 1 amide bonds. The van der Waals surface area contributed by atoms with E-state index >= 15 is 0 Å². The number of piperidine rings is 1. The Hall–Kier alpha value is -3.19. The molecule has 7 heteroatoms. The first-order valence-electron chi connectivity index (χ1n) is 11.5. The van der Waals surface area contributed by atoms with Gasteiger partial charge in [-0.1, -0.05) is 36.4 Å². The van der Waals surface area contributed by atoms with Gasteiger partial charge in [0.2, 0.25) is 5.91 Å². The summed E-state index contributed by atoms with van der Waals surface area (Å²) in [5, 5.41) is 3.11. The van der Waals surface area contributed by atoms with Crippen LogP contribution in [0.2, 0.25) is 0 Å².